The Balaban J connectivity index is 2.34. The van der Waals surface area contributed by atoms with Gasteiger partial charge in [0.05, 0.1) is 22.6 Å². The van der Waals surface area contributed by atoms with Gasteiger partial charge in [-0.1, -0.05) is 11.8 Å². The lowest BCUT2D eigenvalue weighted by molar-refractivity contribution is -0.138. The first-order valence-corrected chi connectivity index (χ1v) is 8.81. The van der Waals surface area contributed by atoms with Crippen molar-refractivity contribution >= 4 is 23.3 Å². The summed E-state index contributed by atoms with van der Waals surface area (Å²) >= 11 is 0.763. The van der Waals surface area contributed by atoms with Gasteiger partial charge in [0.25, 0.3) is 0 Å². The number of alkyl halides is 3. The maximum Gasteiger partial charge on any atom is 0.417 e. The number of hydrogen-bond acceptors (Lipinski definition) is 5. The molecule has 27 heavy (non-hydrogen) atoms. The standard InChI is InChI=1S/C18H16F3N3O2S/c1-8-5-13(18(19,20)21)12(6-22)17(23-8)27-7-14(26)16-9(2)15(11(4)25)10(3)24-16/h5,24H,7H2,1-4H3. The second-order valence-corrected chi connectivity index (χ2v) is 6.96. The molecule has 0 aliphatic carbocycles. The minimum absolute atomic E-state index is 0.0991. The van der Waals surface area contributed by atoms with Crippen LogP contribution in [0.4, 0.5) is 13.2 Å². The molecule has 0 spiro atoms. The Morgan fingerprint density at radius 2 is 1.93 bits per heavy atom. The van der Waals surface area contributed by atoms with Gasteiger partial charge < -0.3 is 4.98 Å². The number of nitriles is 1. The average Bonchev–Trinajstić information content (AvgIpc) is 2.85. The molecule has 0 fully saturated rings. The summed E-state index contributed by atoms with van der Waals surface area (Å²) in [5.41, 5.74) is 0.134. The number of nitrogens with one attached hydrogen (secondary N) is 1. The van der Waals surface area contributed by atoms with Crippen molar-refractivity contribution in [1.29, 1.82) is 5.26 Å². The summed E-state index contributed by atoms with van der Waals surface area (Å²) in [7, 11) is 0. The molecule has 0 saturated carbocycles. The van der Waals surface area contributed by atoms with Crippen molar-refractivity contribution < 1.29 is 22.8 Å². The molecule has 0 aliphatic heterocycles. The Labute approximate surface area is 158 Å². The van der Waals surface area contributed by atoms with Crippen LogP contribution in [0.1, 0.15) is 55.8 Å². The van der Waals surface area contributed by atoms with Gasteiger partial charge in [-0.3, -0.25) is 9.59 Å². The van der Waals surface area contributed by atoms with E-state index < -0.39 is 23.1 Å². The van der Waals surface area contributed by atoms with E-state index in [0.29, 0.717) is 16.8 Å². The highest BCUT2D eigenvalue weighted by molar-refractivity contribution is 8.00. The summed E-state index contributed by atoms with van der Waals surface area (Å²) in [6.07, 6.45) is -4.69. The molecule has 5 nitrogen and oxygen atoms in total. The second-order valence-electron chi connectivity index (χ2n) is 5.99. The van der Waals surface area contributed by atoms with Gasteiger partial charge in [0.1, 0.15) is 11.1 Å². The third-order valence-electron chi connectivity index (χ3n) is 3.94. The minimum Gasteiger partial charge on any atom is -0.355 e. The van der Waals surface area contributed by atoms with Crippen molar-refractivity contribution in [3.05, 3.63) is 45.4 Å². The molecule has 0 atom stereocenters. The fraction of sp³-hybridized carbons (Fsp3) is 0.333. The van der Waals surface area contributed by atoms with Crippen molar-refractivity contribution in [2.24, 2.45) is 0 Å². The van der Waals surface area contributed by atoms with E-state index in [1.54, 1.807) is 13.8 Å². The molecular weight excluding hydrogens is 379 g/mol. The van der Waals surface area contributed by atoms with E-state index >= 15 is 0 Å². The van der Waals surface area contributed by atoms with E-state index in [-0.39, 0.29) is 27.9 Å². The molecule has 0 saturated heterocycles. The van der Waals surface area contributed by atoms with E-state index in [1.807, 2.05) is 0 Å². The van der Waals surface area contributed by atoms with Crippen LogP contribution in [0.15, 0.2) is 11.1 Å². The third-order valence-corrected chi connectivity index (χ3v) is 4.92. The Kier molecular flexibility index (Phi) is 5.80. The SMILES string of the molecule is CC(=O)c1c(C)[nH]c(C(=O)CSc2nc(C)cc(C(F)(F)F)c2C#N)c1C. The monoisotopic (exact) mass is 395 g/mol. The molecule has 0 radical (unpaired) electrons. The average molecular weight is 395 g/mol. The number of carbonyl (C=O) groups excluding carboxylic acids is 2. The fourth-order valence-electron chi connectivity index (χ4n) is 2.84. The number of carbonyl (C=O) groups is 2. The van der Waals surface area contributed by atoms with Gasteiger partial charge >= 0.3 is 6.18 Å². The maximum absolute atomic E-state index is 13.1. The lowest BCUT2D eigenvalue weighted by atomic mass is 10.1. The Hall–Kier alpha value is -2.60. The van der Waals surface area contributed by atoms with Gasteiger partial charge in [0, 0.05) is 17.0 Å². The van der Waals surface area contributed by atoms with E-state index in [1.165, 1.54) is 19.9 Å². The second kappa shape index (κ2) is 7.56. The number of ketones is 2. The highest BCUT2D eigenvalue weighted by atomic mass is 32.2. The number of hydrogen-bond donors (Lipinski definition) is 1. The first kappa shape index (κ1) is 20.7. The zero-order valence-corrected chi connectivity index (χ0v) is 15.9. The van der Waals surface area contributed by atoms with Crippen molar-refractivity contribution in [3.8, 4) is 6.07 Å². The predicted molar refractivity (Wildman–Crippen MR) is 94.0 cm³/mol. The van der Waals surface area contributed by atoms with Gasteiger partial charge in [-0.05, 0) is 39.3 Å². The molecule has 2 heterocycles. The number of aryl methyl sites for hydroxylation is 2. The van der Waals surface area contributed by atoms with Crippen LogP contribution >= 0.6 is 11.8 Å². The van der Waals surface area contributed by atoms with Crippen molar-refractivity contribution in [2.75, 3.05) is 5.75 Å². The van der Waals surface area contributed by atoms with E-state index in [9.17, 15) is 22.8 Å². The van der Waals surface area contributed by atoms with E-state index in [2.05, 4.69) is 9.97 Å². The lowest BCUT2D eigenvalue weighted by Gasteiger charge is -2.12. The van der Waals surface area contributed by atoms with Gasteiger partial charge in [-0.2, -0.15) is 18.4 Å². The number of pyridine rings is 1. The molecule has 0 unspecified atom stereocenters. The smallest absolute Gasteiger partial charge is 0.355 e. The number of Topliss-reactive ketones (excluding diaryl/α,β-unsaturated/α-hetero) is 2. The van der Waals surface area contributed by atoms with Gasteiger partial charge in [0.2, 0.25) is 0 Å². The first-order chi connectivity index (χ1) is 12.5. The number of aromatic nitrogens is 2. The van der Waals surface area contributed by atoms with E-state index in [4.69, 9.17) is 5.26 Å². The van der Waals surface area contributed by atoms with Gasteiger partial charge in [0.15, 0.2) is 11.6 Å². The molecule has 0 aromatic carbocycles. The molecular formula is C18H16F3N3O2S. The molecule has 0 amide bonds. The largest absolute Gasteiger partial charge is 0.417 e. The van der Waals surface area contributed by atoms with Crippen LogP contribution in [0.3, 0.4) is 0 Å². The Bertz CT molecular complexity index is 972. The quantitative estimate of drug-likeness (QED) is 0.599. The van der Waals surface area contributed by atoms with Crippen LogP contribution < -0.4 is 0 Å². The maximum atomic E-state index is 13.1. The van der Waals surface area contributed by atoms with Crippen LogP contribution in [-0.2, 0) is 6.18 Å². The molecule has 1 N–H and O–H groups in total. The summed E-state index contributed by atoms with van der Waals surface area (Å²) < 4.78 is 39.4. The number of rotatable bonds is 5. The molecule has 2 rings (SSSR count). The Morgan fingerprint density at radius 1 is 1.30 bits per heavy atom. The van der Waals surface area contributed by atoms with Crippen LogP contribution in [0.5, 0.6) is 0 Å². The van der Waals surface area contributed by atoms with Crippen molar-refractivity contribution in [1.82, 2.24) is 9.97 Å². The predicted octanol–water partition coefficient (Wildman–Crippen LogP) is 4.40. The number of H-pyrrole nitrogens is 1. The fourth-order valence-corrected chi connectivity index (χ4v) is 3.76. The number of thioether (sulfide) groups is 1. The number of halogens is 3. The van der Waals surface area contributed by atoms with Crippen LogP contribution in [0.2, 0.25) is 0 Å². The molecule has 2 aromatic heterocycles. The number of nitrogens with zero attached hydrogens (tertiary/aromatic N) is 2. The number of aromatic amines is 1. The first-order valence-electron chi connectivity index (χ1n) is 7.82. The molecule has 0 aliphatic rings. The van der Waals surface area contributed by atoms with Crippen LogP contribution in [0, 0.1) is 32.1 Å². The summed E-state index contributed by atoms with van der Waals surface area (Å²) in [6, 6.07) is 2.34. The van der Waals surface area contributed by atoms with Gasteiger partial charge in [-0.15, -0.1) is 0 Å². The van der Waals surface area contributed by atoms with Crippen molar-refractivity contribution in [3.63, 3.8) is 0 Å². The van der Waals surface area contributed by atoms with E-state index in [0.717, 1.165) is 17.8 Å². The summed E-state index contributed by atoms with van der Waals surface area (Å²) in [4.78, 5) is 31.0. The van der Waals surface area contributed by atoms with Crippen LogP contribution in [0.25, 0.3) is 0 Å². The summed E-state index contributed by atoms with van der Waals surface area (Å²) in [6.45, 7) is 6.07. The summed E-state index contributed by atoms with van der Waals surface area (Å²) in [5, 5.41) is 9.00. The molecule has 142 valence electrons. The molecule has 0 bridgehead atoms. The molecule has 9 heteroatoms. The van der Waals surface area contributed by atoms with Crippen LogP contribution in [-0.4, -0.2) is 27.3 Å². The Morgan fingerprint density at radius 3 is 2.41 bits per heavy atom. The summed E-state index contributed by atoms with van der Waals surface area (Å²) in [5.74, 6) is -0.802. The topological polar surface area (TPSA) is 86.6 Å². The third kappa shape index (κ3) is 4.22. The normalized spacial score (nSPS) is 11.3. The highest BCUT2D eigenvalue weighted by Crippen LogP contribution is 2.36. The lowest BCUT2D eigenvalue weighted by Crippen LogP contribution is -2.11. The zero-order valence-electron chi connectivity index (χ0n) is 15.0. The zero-order chi connectivity index (χ0) is 20.5. The minimum atomic E-state index is -4.69. The van der Waals surface area contributed by atoms with Crippen molar-refractivity contribution in [2.45, 2.75) is 38.9 Å². The highest BCUT2D eigenvalue weighted by Gasteiger charge is 2.35. The molecule has 2 aromatic rings. The van der Waals surface area contributed by atoms with Gasteiger partial charge in [-0.25, -0.2) is 4.98 Å².